The van der Waals surface area contributed by atoms with Crippen LogP contribution in [0, 0.1) is 10.7 Å². The monoisotopic (exact) mass is 796 g/mol. The van der Waals surface area contributed by atoms with Crippen LogP contribution < -0.4 is 4.18 Å². The summed E-state index contributed by atoms with van der Waals surface area (Å²) in [7, 11) is -8.61. The van der Waals surface area contributed by atoms with Gasteiger partial charge in [-0.25, -0.2) is 0 Å². The van der Waals surface area contributed by atoms with Gasteiger partial charge in [0, 0.05) is 12.7 Å². The Hall–Kier alpha value is -0.230. The van der Waals surface area contributed by atoms with E-state index in [1.54, 1.807) is 0 Å². The molecule has 0 heterocycles. The molecule has 3 aromatic carbocycles. The van der Waals surface area contributed by atoms with Gasteiger partial charge in [0.1, 0.15) is 10.6 Å². The van der Waals surface area contributed by atoms with Gasteiger partial charge in [-0.3, -0.25) is 4.55 Å². The molecule has 0 saturated heterocycles. The van der Waals surface area contributed by atoms with Crippen molar-refractivity contribution in [2.45, 2.75) is 35.5 Å². The Morgan fingerprint density at radius 3 is 1.97 bits per heavy atom. The molecule has 1 aliphatic carbocycles. The van der Waals surface area contributed by atoms with Crippen LogP contribution >= 0.6 is 67.8 Å². The smallest absolute Gasteiger partial charge is 0.341 e. The van der Waals surface area contributed by atoms with Crippen LogP contribution in [0.4, 0.5) is 0 Å². The molecule has 4 rings (SSSR count). The Bertz CT molecular complexity index is 1430. The second-order valence-electron chi connectivity index (χ2n) is 7.06. The second-order valence-corrected chi connectivity index (χ2v) is 13.2. The molecule has 0 fully saturated rings. The van der Waals surface area contributed by atoms with Crippen LogP contribution in [-0.2, 0) is 33.1 Å². The summed E-state index contributed by atoms with van der Waals surface area (Å²) < 4.78 is 67.5. The SMILES string of the molecule is O=S(=O)(O)c1ccc(OS(=O)(=O)c2c(I)c(I)c3ccccc3c2I)c2c1CCCC2. The highest BCUT2D eigenvalue weighted by Gasteiger charge is 2.30. The molecule has 0 aromatic heterocycles. The normalized spacial score (nSPS) is 14.5. The first-order chi connectivity index (χ1) is 14.5. The molecule has 31 heavy (non-hydrogen) atoms. The minimum atomic E-state index is -4.41. The van der Waals surface area contributed by atoms with Crippen molar-refractivity contribution in [3.05, 3.63) is 58.2 Å². The molecule has 11 heteroatoms. The van der Waals surface area contributed by atoms with Crippen molar-refractivity contribution in [1.82, 2.24) is 0 Å². The van der Waals surface area contributed by atoms with Crippen LogP contribution in [0.2, 0.25) is 0 Å². The summed E-state index contributed by atoms with van der Waals surface area (Å²) in [4.78, 5) is -0.0865. The number of rotatable bonds is 4. The van der Waals surface area contributed by atoms with Crippen molar-refractivity contribution < 1.29 is 25.6 Å². The van der Waals surface area contributed by atoms with Gasteiger partial charge in [-0.05, 0) is 122 Å². The maximum Gasteiger partial charge on any atom is 0.341 e. The van der Waals surface area contributed by atoms with E-state index in [4.69, 9.17) is 4.18 Å². The highest BCUT2D eigenvalue weighted by molar-refractivity contribution is 14.1. The Labute approximate surface area is 221 Å². The fourth-order valence-electron chi connectivity index (χ4n) is 3.80. The third-order valence-electron chi connectivity index (χ3n) is 5.17. The third kappa shape index (κ3) is 4.46. The van der Waals surface area contributed by atoms with Crippen molar-refractivity contribution in [2.24, 2.45) is 0 Å². The van der Waals surface area contributed by atoms with E-state index in [1.165, 1.54) is 12.1 Å². The van der Waals surface area contributed by atoms with Crippen LogP contribution in [-0.4, -0.2) is 21.4 Å². The average Bonchev–Trinajstić information content (AvgIpc) is 2.71. The summed E-state index contributed by atoms with van der Waals surface area (Å²) >= 11 is 6.19. The van der Waals surface area contributed by atoms with E-state index in [1.807, 2.05) is 69.4 Å². The summed E-state index contributed by atoms with van der Waals surface area (Å²) in [6.07, 6.45) is 2.45. The molecule has 0 bridgehead atoms. The fraction of sp³-hybridized carbons (Fsp3) is 0.200. The topological polar surface area (TPSA) is 97.7 Å². The van der Waals surface area contributed by atoms with Crippen molar-refractivity contribution >= 4 is 98.8 Å². The van der Waals surface area contributed by atoms with E-state index in [0.717, 1.165) is 27.2 Å². The Morgan fingerprint density at radius 1 is 0.774 bits per heavy atom. The Morgan fingerprint density at radius 2 is 1.35 bits per heavy atom. The van der Waals surface area contributed by atoms with Crippen LogP contribution in [0.15, 0.2) is 46.2 Å². The molecule has 3 aromatic rings. The van der Waals surface area contributed by atoms with Gasteiger partial charge in [0.2, 0.25) is 0 Å². The summed E-state index contributed by atoms with van der Waals surface area (Å²) in [5, 5.41) is 1.78. The van der Waals surface area contributed by atoms with Crippen molar-refractivity contribution in [3.63, 3.8) is 0 Å². The molecule has 164 valence electrons. The first-order valence-electron chi connectivity index (χ1n) is 9.14. The molecular weight excluding hydrogens is 781 g/mol. The number of hydrogen-bond donors (Lipinski definition) is 1. The van der Waals surface area contributed by atoms with Crippen molar-refractivity contribution in [2.75, 3.05) is 0 Å². The van der Waals surface area contributed by atoms with E-state index in [0.29, 0.717) is 31.1 Å². The summed E-state index contributed by atoms with van der Waals surface area (Å²) in [6, 6.07) is 10.1. The second kappa shape index (κ2) is 8.85. The molecule has 0 radical (unpaired) electrons. The van der Waals surface area contributed by atoms with E-state index < -0.39 is 20.2 Å². The van der Waals surface area contributed by atoms with E-state index >= 15 is 0 Å². The molecule has 0 atom stereocenters. The third-order valence-corrected chi connectivity index (χ3v) is 12.5. The summed E-state index contributed by atoms with van der Waals surface area (Å²) in [6.45, 7) is 0. The Kier molecular flexibility index (Phi) is 6.83. The largest absolute Gasteiger partial charge is 0.379 e. The zero-order valence-electron chi connectivity index (χ0n) is 15.7. The first kappa shape index (κ1) is 23.9. The van der Waals surface area contributed by atoms with Crippen molar-refractivity contribution in [1.29, 1.82) is 0 Å². The lowest BCUT2D eigenvalue weighted by atomic mass is 9.91. The first-order valence-corrected chi connectivity index (χ1v) is 15.2. The van der Waals surface area contributed by atoms with E-state index in [2.05, 4.69) is 22.6 Å². The standard InChI is InChI=1S/C20H15I3O6S2/c21-17-13-7-3-4-8-14(13)18(22)20(19(17)23)31(27,28)29-15-9-10-16(30(24,25)26)12-6-2-1-5-11(12)15/h3-4,7-10H,1-2,5-6H2,(H,24,25,26). The van der Waals surface area contributed by atoms with Gasteiger partial charge in [0.25, 0.3) is 10.1 Å². The van der Waals surface area contributed by atoms with Gasteiger partial charge in [-0.1, -0.05) is 24.3 Å². The maximum absolute atomic E-state index is 13.4. The zero-order valence-corrected chi connectivity index (χ0v) is 23.8. The van der Waals surface area contributed by atoms with Gasteiger partial charge >= 0.3 is 10.1 Å². The quantitative estimate of drug-likeness (QED) is 0.161. The number of halogens is 3. The highest BCUT2D eigenvalue weighted by Crippen LogP contribution is 2.39. The van der Waals surface area contributed by atoms with Gasteiger partial charge in [0.15, 0.2) is 0 Å². The molecule has 1 N–H and O–H groups in total. The molecule has 0 amide bonds. The minimum Gasteiger partial charge on any atom is -0.379 e. The molecule has 0 aliphatic heterocycles. The van der Waals surface area contributed by atoms with Crippen LogP contribution in [0.5, 0.6) is 5.75 Å². The molecule has 1 aliphatic rings. The molecule has 6 nitrogen and oxygen atoms in total. The Balaban J connectivity index is 1.88. The van der Waals surface area contributed by atoms with E-state index in [-0.39, 0.29) is 15.5 Å². The highest BCUT2D eigenvalue weighted by atomic mass is 127. The minimum absolute atomic E-state index is 0.0974. The van der Waals surface area contributed by atoms with E-state index in [9.17, 15) is 21.4 Å². The summed E-state index contributed by atoms with van der Waals surface area (Å²) in [5.41, 5.74) is 0.949. The lowest BCUT2D eigenvalue weighted by molar-refractivity contribution is 0.474. The number of hydrogen-bond acceptors (Lipinski definition) is 5. The lowest BCUT2D eigenvalue weighted by Crippen LogP contribution is -2.18. The molecule has 0 spiro atoms. The lowest BCUT2D eigenvalue weighted by Gasteiger charge is -2.22. The zero-order chi connectivity index (χ0) is 22.6. The van der Waals surface area contributed by atoms with Crippen LogP contribution in [0.3, 0.4) is 0 Å². The predicted molar refractivity (Wildman–Crippen MR) is 143 cm³/mol. The van der Waals surface area contributed by atoms with Gasteiger partial charge < -0.3 is 4.18 Å². The molecular formula is C20H15I3O6S2. The molecule has 0 unspecified atom stereocenters. The van der Waals surface area contributed by atoms with Crippen LogP contribution in [0.25, 0.3) is 10.8 Å². The van der Waals surface area contributed by atoms with Gasteiger partial charge in [-0.2, -0.15) is 16.8 Å². The average molecular weight is 796 g/mol. The maximum atomic E-state index is 13.4. The van der Waals surface area contributed by atoms with Crippen LogP contribution in [0.1, 0.15) is 24.0 Å². The fourth-order valence-corrected chi connectivity index (χ4v) is 10.1. The number of fused-ring (bicyclic) bond motifs is 2. The van der Waals surface area contributed by atoms with Crippen molar-refractivity contribution in [3.8, 4) is 5.75 Å². The van der Waals surface area contributed by atoms with Gasteiger partial charge in [0.05, 0.1) is 8.47 Å². The van der Waals surface area contributed by atoms with Gasteiger partial charge in [-0.15, -0.1) is 0 Å². The summed E-state index contributed by atoms with van der Waals surface area (Å²) in [5.74, 6) is 0.108. The number of benzene rings is 3. The molecule has 0 saturated carbocycles. The predicted octanol–water partition coefficient (Wildman–Crippen LogP) is 5.55.